The third kappa shape index (κ3) is 3.69. The van der Waals surface area contributed by atoms with Crippen LogP contribution in [0.2, 0.25) is 0 Å². The summed E-state index contributed by atoms with van der Waals surface area (Å²) in [5, 5.41) is 4.58. The van der Waals surface area contributed by atoms with Crippen LogP contribution in [0.25, 0.3) is 11.0 Å². The van der Waals surface area contributed by atoms with E-state index in [9.17, 15) is 9.59 Å². The molecule has 21 heavy (non-hydrogen) atoms. The molecule has 1 aromatic heterocycles. The fourth-order valence-electron chi connectivity index (χ4n) is 1.70. The molecule has 0 saturated carbocycles. The van der Waals surface area contributed by atoms with Crippen molar-refractivity contribution in [3.63, 3.8) is 0 Å². The van der Waals surface area contributed by atoms with Crippen molar-refractivity contribution in [2.45, 2.75) is 13.8 Å². The minimum atomic E-state index is -0.676. The third-order valence-electron chi connectivity index (χ3n) is 2.67. The lowest BCUT2D eigenvalue weighted by molar-refractivity contribution is 0.152. The molecule has 0 atom stereocenters. The highest BCUT2D eigenvalue weighted by atomic mass is 79.9. The fourth-order valence-corrected chi connectivity index (χ4v) is 2.08. The molecule has 0 aliphatic heterocycles. The van der Waals surface area contributed by atoms with Gasteiger partial charge in [-0.25, -0.2) is 15.0 Å². The van der Waals surface area contributed by atoms with Crippen molar-refractivity contribution in [2.24, 2.45) is 5.10 Å². The number of nitrogens with one attached hydrogen (secondary N) is 1. The Hall–Kier alpha value is -2.15. The van der Waals surface area contributed by atoms with Crippen LogP contribution in [-0.4, -0.2) is 18.4 Å². The Kier molecular flexibility index (Phi) is 4.74. The summed E-state index contributed by atoms with van der Waals surface area (Å²) in [7, 11) is 0. The summed E-state index contributed by atoms with van der Waals surface area (Å²) >= 11 is 3.36. The number of hydrazone groups is 1. The van der Waals surface area contributed by atoms with Gasteiger partial charge in [-0.05, 0) is 38.1 Å². The van der Waals surface area contributed by atoms with Crippen molar-refractivity contribution in [1.29, 1.82) is 0 Å². The zero-order valence-corrected chi connectivity index (χ0v) is 13.1. The largest absolute Gasteiger partial charge is 0.449 e. The number of carbonyl (C=O) groups excluding carboxylic acids is 1. The first-order valence-electron chi connectivity index (χ1n) is 6.22. The Morgan fingerprint density at radius 1 is 1.43 bits per heavy atom. The zero-order chi connectivity index (χ0) is 15.4. The van der Waals surface area contributed by atoms with Crippen LogP contribution in [0.5, 0.6) is 0 Å². The molecule has 0 aliphatic rings. The molecule has 6 nitrogen and oxygen atoms in total. The lowest BCUT2D eigenvalue weighted by Crippen LogP contribution is -2.22. The van der Waals surface area contributed by atoms with E-state index < -0.39 is 11.7 Å². The first kappa shape index (κ1) is 15.2. The Morgan fingerprint density at radius 2 is 2.19 bits per heavy atom. The average molecular weight is 353 g/mol. The number of benzene rings is 1. The normalized spacial score (nSPS) is 11.5. The molecule has 0 radical (unpaired) electrons. The summed E-state index contributed by atoms with van der Waals surface area (Å²) in [4.78, 5) is 23.1. The van der Waals surface area contributed by atoms with Gasteiger partial charge in [0.2, 0.25) is 0 Å². The molecule has 0 unspecified atom stereocenters. The molecule has 2 aromatic rings. The molecule has 1 aromatic carbocycles. The van der Waals surface area contributed by atoms with Gasteiger partial charge in [-0.2, -0.15) is 5.10 Å². The number of ether oxygens (including phenoxy) is 1. The number of amides is 1. The Bertz CT molecular complexity index is 767. The number of fused-ring (bicyclic) bond motifs is 1. The topological polar surface area (TPSA) is 80.9 Å². The molecule has 1 amide bonds. The van der Waals surface area contributed by atoms with Crippen molar-refractivity contribution in [1.82, 2.24) is 5.43 Å². The molecule has 0 aliphatic carbocycles. The van der Waals surface area contributed by atoms with Crippen LogP contribution in [0.3, 0.4) is 0 Å². The van der Waals surface area contributed by atoms with Gasteiger partial charge in [-0.3, -0.25) is 0 Å². The van der Waals surface area contributed by atoms with E-state index in [0.29, 0.717) is 11.3 Å². The molecule has 0 spiro atoms. The number of hydrogen-bond acceptors (Lipinski definition) is 5. The third-order valence-corrected chi connectivity index (χ3v) is 3.17. The monoisotopic (exact) mass is 352 g/mol. The predicted molar refractivity (Wildman–Crippen MR) is 82.6 cm³/mol. The van der Waals surface area contributed by atoms with Crippen molar-refractivity contribution in [3.05, 3.63) is 44.7 Å². The van der Waals surface area contributed by atoms with Crippen LogP contribution < -0.4 is 11.1 Å². The second-order valence-corrected chi connectivity index (χ2v) is 5.07. The summed E-state index contributed by atoms with van der Waals surface area (Å²) in [5.74, 6) is 0. The van der Waals surface area contributed by atoms with Gasteiger partial charge >= 0.3 is 11.7 Å². The predicted octanol–water partition coefficient (Wildman–Crippen LogP) is 3.03. The van der Waals surface area contributed by atoms with Gasteiger partial charge in [-0.1, -0.05) is 15.9 Å². The van der Waals surface area contributed by atoms with Gasteiger partial charge in [0.05, 0.1) is 17.9 Å². The first-order chi connectivity index (χ1) is 10.0. The van der Waals surface area contributed by atoms with Crippen molar-refractivity contribution >= 4 is 38.7 Å². The van der Waals surface area contributed by atoms with Gasteiger partial charge in [0, 0.05) is 9.86 Å². The van der Waals surface area contributed by atoms with E-state index in [0.717, 1.165) is 9.86 Å². The van der Waals surface area contributed by atoms with Gasteiger partial charge < -0.3 is 9.15 Å². The highest BCUT2D eigenvalue weighted by Crippen LogP contribution is 2.19. The Morgan fingerprint density at radius 3 is 2.90 bits per heavy atom. The maximum atomic E-state index is 11.9. The molecule has 1 N–H and O–H groups in total. The SMILES string of the molecule is CCOC(=O)NN=C(C)c1cc2cc(Br)ccc2oc1=O. The highest BCUT2D eigenvalue weighted by Gasteiger charge is 2.09. The summed E-state index contributed by atoms with van der Waals surface area (Å²) in [6.07, 6.45) is -0.676. The summed E-state index contributed by atoms with van der Waals surface area (Å²) < 4.78 is 10.8. The second kappa shape index (κ2) is 6.53. The van der Waals surface area contributed by atoms with Gasteiger partial charge in [-0.15, -0.1) is 0 Å². The van der Waals surface area contributed by atoms with E-state index in [1.807, 2.05) is 6.07 Å². The summed E-state index contributed by atoms with van der Waals surface area (Å²) in [6.45, 7) is 3.53. The van der Waals surface area contributed by atoms with Gasteiger partial charge in [0.1, 0.15) is 5.58 Å². The molecular weight excluding hydrogens is 340 g/mol. The number of rotatable bonds is 3. The van der Waals surface area contributed by atoms with E-state index in [-0.39, 0.29) is 12.2 Å². The highest BCUT2D eigenvalue weighted by molar-refractivity contribution is 9.10. The van der Waals surface area contributed by atoms with E-state index in [1.165, 1.54) is 0 Å². The van der Waals surface area contributed by atoms with Gasteiger partial charge in [0.15, 0.2) is 0 Å². The molecule has 7 heteroatoms. The van der Waals surface area contributed by atoms with Crippen molar-refractivity contribution in [3.8, 4) is 0 Å². The Labute approximate surface area is 128 Å². The summed E-state index contributed by atoms with van der Waals surface area (Å²) in [6, 6.07) is 6.98. The minimum Gasteiger partial charge on any atom is -0.449 e. The smallest absolute Gasteiger partial charge is 0.427 e. The second-order valence-electron chi connectivity index (χ2n) is 4.16. The minimum absolute atomic E-state index is 0.243. The van der Waals surface area contributed by atoms with Gasteiger partial charge in [0.25, 0.3) is 0 Å². The molecule has 1 heterocycles. The zero-order valence-electron chi connectivity index (χ0n) is 11.5. The molecule has 0 bridgehead atoms. The number of carbonyl (C=O) groups is 1. The molecule has 2 rings (SSSR count). The van der Waals surface area contributed by atoms with E-state index in [4.69, 9.17) is 4.42 Å². The molecule has 0 saturated heterocycles. The lowest BCUT2D eigenvalue weighted by Gasteiger charge is -2.03. The van der Waals surface area contributed by atoms with Crippen LogP contribution in [0.4, 0.5) is 4.79 Å². The van der Waals surface area contributed by atoms with E-state index in [1.54, 1.807) is 32.0 Å². The van der Waals surface area contributed by atoms with Crippen LogP contribution >= 0.6 is 15.9 Å². The fraction of sp³-hybridized carbons (Fsp3) is 0.214. The average Bonchev–Trinajstić information content (AvgIpc) is 2.45. The van der Waals surface area contributed by atoms with Crippen LogP contribution in [0.1, 0.15) is 19.4 Å². The van der Waals surface area contributed by atoms with Crippen LogP contribution in [0.15, 0.2) is 43.1 Å². The maximum Gasteiger partial charge on any atom is 0.427 e. The van der Waals surface area contributed by atoms with Crippen LogP contribution in [-0.2, 0) is 4.74 Å². The molecule has 110 valence electrons. The van der Waals surface area contributed by atoms with Crippen molar-refractivity contribution < 1.29 is 13.9 Å². The first-order valence-corrected chi connectivity index (χ1v) is 7.01. The maximum absolute atomic E-state index is 11.9. The Balaban J connectivity index is 2.36. The number of nitrogens with zero attached hydrogens (tertiary/aromatic N) is 1. The van der Waals surface area contributed by atoms with Crippen LogP contribution in [0, 0.1) is 0 Å². The van der Waals surface area contributed by atoms with E-state index >= 15 is 0 Å². The molecular formula is C14H13BrN2O4. The molecule has 0 fully saturated rings. The number of halogens is 1. The summed E-state index contributed by atoms with van der Waals surface area (Å²) in [5.41, 5.74) is 2.78. The standard InChI is InChI=1S/C14H13BrN2O4/c1-3-20-14(19)17-16-8(2)11-7-9-6-10(15)4-5-12(9)21-13(11)18/h4-7H,3H2,1-2H3,(H,17,19). The lowest BCUT2D eigenvalue weighted by atomic mass is 10.1. The van der Waals surface area contributed by atoms with E-state index in [2.05, 4.69) is 31.2 Å². The van der Waals surface area contributed by atoms with Crippen molar-refractivity contribution in [2.75, 3.05) is 6.61 Å². The quantitative estimate of drug-likeness (QED) is 0.523. The number of hydrogen-bond donors (Lipinski definition) is 1.